The second kappa shape index (κ2) is 4.42. The highest BCUT2D eigenvalue weighted by Crippen LogP contribution is 2.48. The highest BCUT2D eigenvalue weighted by molar-refractivity contribution is 8.00. The van der Waals surface area contributed by atoms with E-state index in [0.717, 1.165) is 29.9 Å². The maximum Gasteiger partial charge on any atom is 0.125 e. The standard InChI is InChI=1S/C14H18FNOS/c1-9-6-14(8-18-9)7-12(16-2)11-5-10(15)3-4-13(11)17-14/h3-5,9,12,16H,6-8H2,1-2H3. The maximum atomic E-state index is 13.3. The second-order valence-electron chi connectivity index (χ2n) is 5.34. The summed E-state index contributed by atoms with van der Waals surface area (Å²) in [6, 6.07) is 5.03. The van der Waals surface area contributed by atoms with Gasteiger partial charge in [0.25, 0.3) is 0 Å². The van der Waals surface area contributed by atoms with Crippen LogP contribution in [0.3, 0.4) is 0 Å². The molecule has 3 unspecified atom stereocenters. The number of nitrogens with one attached hydrogen (secondary N) is 1. The minimum Gasteiger partial charge on any atom is -0.486 e. The highest BCUT2D eigenvalue weighted by atomic mass is 32.2. The fourth-order valence-corrected chi connectivity index (χ4v) is 4.35. The van der Waals surface area contributed by atoms with Crippen molar-refractivity contribution in [2.45, 2.75) is 36.7 Å². The van der Waals surface area contributed by atoms with Gasteiger partial charge in [-0.25, -0.2) is 4.39 Å². The van der Waals surface area contributed by atoms with Gasteiger partial charge in [-0.3, -0.25) is 0 Å². The van der Waals surface area contributed by atoms with Gasteiger partial charge in [-0.2, -0.15) is 11.8 Å². The first-order valence-electron chi connectivity index (χ1n) is 6.39. The van der Waals surface area contributed by atoms with Crippen molar-refractivity contribution in [2.75, 3.05) is 12.8 Å². The number of thioether (sulfide) groups is 1. The Morgan fingerprint density at radius 1 is 1.44 bits per heavy atom. The number of ether oxygens (including phenoxy) is 1. The lowest BCUT2D eigenvalue weighted by Gasteiger charge is -2.39. The van der Waals surface area contributed by atoms with E-state index in [9.17, 15) is 4.39 Å². The third-order valence-corrected chi connectivity index (χ3v) is 5.32. The summed E-state index contributed by atoms with van der Waals surface area (Å²) in [7, 11) is 1.93. The van der Waals surface area contributed by atoms with E-state index in [-0.39, 0.29) is 17.5 Å². The quantitative estimate of drug-likeness (QED) is 0.844. The first-order valence-corrected chi connectivity index (χ1v) is 7.44. The first-order chi connectivity index (χ1) is 8.62. The van der Waals surface area contributed by atoms with E-state index in [0.29, 0.717) is 5.25 Å². The Bertz CT molecular complexity index is 467. The van der Waals surface area contributed by atoms with Crippen LogP contribution in [0.5, 0.6) is 5.75 Å². The van der Waals surface area contributed by atoms with E-state index < -0.39 is 0 Å². The summed E-state index contributed by atoms with van der Waals surface area (Å²) in [5.74, 6) is 1.68. The molecule has 0 amide bonds. The van der Waals surface area contributed by atoms with Gasteiger partial charge in [0.1, 0.15) is 17.2 Å². The lowest BCUT2D eigenvalue weighted by Crippen LogP contribution is -2.44. The van der Waals surface area contributed by atoms with Crippen molar-refractivity contribution >= 4 is 11.8 Å². The number of hydrogen-bond acceptors (Lipinski definition) is 3. The molecule has 2 aliphatic heterocycles. The molecule has 3 rings (SSSR count). The summed E-state index contributed by atoms with van der Waals surface area (Å²) in [5, 5.41) is 3.94. The van der Waals surface area contributed by atoms with Crippen molar-refractivity contribution in [1.82, 2.24) is 5.32 Å². The number of fused-ring (bicyclic) bond motifs is 1. The van der Waals surface area contributed by atoms with Crippen LogP contribution in [-0.4, -0.2) is 23.7 Å². The van der Waals surface area contributed by atoms with E-state index in [1.165, 1.54) is 6.07 Å². The third kappa shape index (κ3) is 2.01. The molecule has 1 aromatic carbocycles. The Kier molecular flexibility index (Phi) is 3.02. The molecule has 0 bridgehead atoms. The Hall–Kier alpha value is -0.740. The van der Waals surface area contributed by atoms with Crippen molar-refractivity contribution < 1.29 is 9.13 Å². The van der Waals surface area contributed by atoms with Gasteiger partial charge in [0.2, 0.25) is 0 Å². The Balaban J connectivity index is 1.97. The zero-order valence-electron chi connectivity index (χ0n) is 10.7. The molecular formula is C14H18FNOS. The van der Waals surface area contributed by atoms with Crippen LogP contribution in [-0.2, 0) is 0 Å². The predicted octanol–water partition coefficient (Wildman–Crippen LogP) is 3.13. The molecule has 0 aliphatic carbocycles. The lowest BCUT2D eigenvalue weighted by molar-refractivity contribution is 0.0524. The van der Waals surface area contributed by atoms with E-state index in [2.05, 4.69) is 12.2 Å². The van der Waals surface area contributed by atoms with Gasteiger partial charge in [0, 0.05) is 29.0 Å². The molecule has 1 fully saturated rings. The van der Waals surface area contributed by atoms with Crippen molar-refractivity contribution in [2.24, 2.45) is 0 Å². The molecule has 0 saturated carbocycles. The maximum absolute atomic E-state index is 13.3. The predicted molar refractivity (Wildman–Crippen MR) is 72.7 cm³/mol. The van der Waals surface area contributed by atoms with Crippen LogP contribution >= 0.6 is 11.8 Å². The van der Waals surface area contributed by atoms with Gasteiger partial charge in [0.15, 0.2) is 0 Å². The molecule has 98 valence electrons. The summed E-state index contributed by atoms with van der Waals surface area (Å²) < 4.78 is 19.6. The number of benzene rings is 1. The molecule has 2 aliphatic rings. The average Bonchev–Trinajstić information content (AvgIpc) is 2.70. The molecule has 1 spiro atoms. The largest absolute Gasteiger partial charge is 0.486 e. The summed E-state index contributed by atoms with van der Waals surface area (Å²) in [5.41, 5.74) is 0.885. The van der Waals surface area contributed by atoms with Crippen LogP contribution in [0.25, 0.3) is 0 Å². The lowest BCUT2D eigenvalue weighted by atomic mass is 9.85. The molecule has 0 aromatic heterocycles. The van der Waals surface area contributed by atoms with Crippen LogP contribution in [0.15, 0.2) is 18.2 Å². The van der Waals surface area contributed by atoms with Gasteiger partial charge in [-0.05, 0) is 31.7 Å². The van der Waals surface area contributed by atoms with Gasteiger partial charge in [-0.1, -0.05) is 6.92 Å². The van der Waals surface area contributed by atoms with Crippen molar-refractivity contribution in [3.8, 4) is 5.75 Å². The van der Waals surface area contributed by atoms with Crippen molar-refractivity contribution in [1.29, 1.82) is 0 Å². The normalized spacial score (nSPS) is 34.4. The minimum atomic E-state index is -0.192. The van der Waals surface area contributed by atoms with Crippen LogP contribution in [0.2, 0.25) is 0 Å². The summed E-state index contributed by atoms with van der Waals surface area (Å²) >= 11 is 1.97. The fourth-order valence-electron chi connectivity index (χ4n) is 3.05. The zero-order valence-corrected chi connectivity index (χ0v) is 11.5. The molecule has 18 heavy (non-hydrogen) atoms. The number of hydrogen-bond donors (Lipinski definition) is 1. The van der Waals surface area contributed by atoms with E-state index in [1.807, 2.05) is 18.8 Å². The molecule has 4 heteroatoms. The van der Waals surface area contributed by atoms with Crippen LogP contribution in [0.1, 0.15) is 31.4 Å². The zero-order chi connectivity index (χ0) is 12.8. The second-order valence-corrected chi connectivity index (χ2v) is 6.77. The average molecular weight is 267 g/mol. The summed E-state index contributed by atoms with van der Waals surface area (Å²) in [6.07, 6.45) is 2.00. The van der Waals surface area contributed by atoms with E-state index >= 15 is 0 Å². The van der Waals surface area contributed by atoms with Gasteiger partial charge in [0.05, 0.1) is 0 Å². The SMILES string of the molecule is CNC1CC2(CSC(C)C2)Oc2ccc(F)cc21. The molecule has 1 aromatic rings. The minimum absolute atomic E-state index is 0.0669. The molecular weight excluding hydrogens is 249 g/mol. The fraction of sp³-hybridized carbons (Fsp3) is 0.571. The van der Waals surface area contributed by atoms with E-state index in [1.54, 1.807) is 12.1 Å². The van der Waals surface area contributed by atoms with Crippen molar-refractivity contribution in [3.05, 3.63) is 29.6 Å². The first kappa shape index (κ1) is 12.3. The third-order valence-electron chi connectivity index (χ3n) is 3.89. The number of halogens is 1. The van der Waals surface area contributed by atoms with Crippen LogP contribution in [0.4, 0.5) is 4.39 Å². The van der Waals surface area contributed by atoms with Crippen molar-refractivity contribution in [3.63, 3.8) is 0 Å². The van der Waals surface area contributed by atoms with Gasteiger partial charge < -0.3 is 10.1 Å². The summed E-state index contributed by atoms with van der Waals surface area (Å²) in [6.45, 7) is 2.25. The Labute approximate surface area is 111 Å². The molecule has 1 N–H and O–H groups in total. The summed E-state index contributed by atoms with van der Waals surface area (Å²) in [4.78, 5) is 0. The van der Waals surface area contributed by atoms with Gasteiger partial charge in [-0.15, -0.1) is 0 Å². The molecule has 2 nitrogen and oxygen atoms in total. The molecule has 0 radical (unpaired) electrons. The molecule has 3 atom stereocenters. The van der Waals surface area contributed by atoms with E-state index in [4.69, 9.17) is 4.74 Å². The Morgan fingerprint density at radius 3 is 2.94 bits per heavy atom. The van der Waals surface area contributed by atoms with Crippen LogP contribution in [0, 0.1) is 5.82 Å². The topological polar surface area (TPSA) is 21.3 Å². The number of rotatable bonds is 1. The Morgan fingerprint density at radius 2 is 2.28 bits per heavy atom. The molecule has 1 saturated heterocycles. The monoisotopic (exact) mass is 267 g/mol. The van der Waals surface area contributed by atoms with Crippen LogP contribution < -0.4 is 10.1 Å². The molecule has 2 heterocycles. The van der Waals surface area contributed by atoms with Gasteiger partial charge >= 0.3 is 0 Å². The highest BCUT2D eigenvalue weighted by Gasteiger charge is 2.45. The smallest absolute Gasteiger partial charge is 0.125 e.